The molecule has 2 saturated heterocycles. The second kappa shape index (κ2) is 7.11. The Hall–Kier alpha value is -1.97. The van der Waals surface area contributed by atoms with Gasteiger partial charge >= 0.3 is 0 Å². The smallest absolute Gasteiger partial charge is 0.176 e. The molecule has 130 valence electrons. The predicted molar refractivity (Wildman–Crippen MR) is 102 cm³/mol. The normalized spacial score (nSPS) is 21.2. The number of hydrogen-bond donors (Lipinski definition) is 0. The Morgan fingerprint density at radius 2 is 1.56 bits per heavy atom. The van der Waals surface area contributed by atoms with Crippen molar-refractivity contribution in [1.29, 1.82) is 0 Å². The van der Waals surface area contributed by atoms with E-state index in [4.69, 9.17) is 0 Å². The molecule has 2 aliphatic heterocycles. The van der Waals surface area contributed by atoms with Crippen LogP contribution in [0.15, 0.2) is 48.5 Å². The first-order chi connectivity index (χ1) is 12.2. The first-order valence-electron chi connectivity index (χ1n) is 9.39. The highest BCUT2D eigenvalue weighted by Crippen LogP contribution is 2.25. The Labute approximate surface area is 150 Å². The summed E-state index contributed by atoms with van der Waals surface area (Å²) in [5.41, 5.74) is 4.45. The number of hydrogen-bond acceptors (Lipinski definition) is 3. The Bertz CT molecular complexity index is 736. The molecule has 0 N–H and O–H groups in total. The van der Waals surface area contributed by atoms with Gasteiger partial charge in [-0.1, -0.05) is 54.1 Å². The van der Waals surface area contributed by atoms with Crippen molar-refractivity contribution in [1.82, 2.24) is 9.80 Å². The van der Waals surface area contributed by atoms with Crippen LogP contribution in [-0.4, -0.2) is 47.9 Å². The number of benzene rings is 2. The fourth-order valence-electron chi connectivity index (χ4n) is 4.16. The molecule has 0 saturated carbocycles. The molecule has 0 aromatic heterocycles. The SMILES string of the molecule is Cc1ccc(-c2ccc(C(=O)CN3CCCN4CCCC43)cc2)cc1. The third-order valence-electron chi connectivity index (χ3n) is 5.58. The van der Waals surface area contributed by atoms with Gasteiger partial charge in [-0.25, -0.2) is 0 Å². The standard InChI is InChI=1S/C22H26N2O/c1-17-5-7-18(8-6-17)19-9-11-20(12-10-19)21(25)16-24-15-3-14-23-13-2-4-22(23)24/h5-12,22H,2-4,13-16H2,1H3. The van der Waals surface area contributed by atoms with Crippen LogP contribution in [0.5, 0.6) is 0 Å². The molecule has 4 rings (SSSR count). The van der Waals surface area contributed by atoms with E-state index in [-0.39, 0.29) is 5.78 Å². The lowest BCUT2D eigenvalue weighted by atomic mass is 10.0. The maximum absolute atomic E-state index is 12.7. The largest absolute Gasteiger partial charge is 0.293 e. The van der Waals surface area contributed by atoms with E-state index in [0.29, 0.717) is 12.7 Å². The highest BCUT2D eigenvalue weighted by Gasteiger charge is 2.33. The van der Waals surface area contributed by atoms with Gasteiger partial charge in [0.25, 0.3) is 0 Å². The summed E-state index contributed by atoms with van der Waals surface area (Å²) in [7, 11) is 0. The van der Waals surface area contributed by atoms with Gasteiger partial charge < -0.3 is 0 Å². The zero-order valence-electron chi connectivity index (χ0n) is 14.9. The molecule has 0 bridgehead atoms. The minimum absolute atomic E-state index is 0.240. The number of ketones is 1. The van der Waals surface area contributed by atoms with E-state index in [2.05, 4.69) is 53.1 Å². The number of nitrogens with zero attached hydrogens (tertiary/aromatic N) is 2. The molecule has 2 aliphatic rings. The van der Waals surface area contributed by atoms with Crippen LogP contribution in [0, 0.1) is 6.92 Å². The average Bonchev–Trinajstić information content (AvgIpc) is 3.12. The maximum atomic E-state index is 12.7. The van der Waals surface area contributed by atoms with Gasteiger partial charge in [0.15, 0.2) is 5.78 Å². The van der Waals surface area contributed by atoms with Gasteiger partial charge in [0, 0.05) is 18.7 Å². The van der Waals surface area contributed by atoms with Gasteiger partial charge in [-0.3, -0.25) is 14.6 Å². The lowest BCUT2D eigenvalue weighted by Gasteiger charge is -2.39. The molecule has 25 heavy (non-hydrogen) atoms. The van der Waals surface area contributed by atoms with E-state index in [0.717, 1.165) is 17.7 Å². The maximum Gasteiger partial charge on any atom is 0.176 e. The van der Waals surface area contributed by atoms with E-state index >= 15 is 0 Å². The minimum atomic E-state index is 0.240. The van der Waals surface area contributed by atoms with E-state index in [9.17, 15) is 4.79 Å². The summed E-state index contributed by atoms with van der Waals surface area (Å²) >= 11 is 0. The van der Waals surface area contributed by atoms with Crippen molar-refractivity contribution < 1.29 is 4.79 Å². The molecule has 0 radical (unpaired) electrons. The molecule has 3 heteroatoms. The van der Waals surface area contributed by atoms with Crippen molar-refractivity contribution in [3.05, 3.63) is 59.7 Å². The van der Waals surface area contributed by atoms with Crippen LogP contribution in [0.4, 0.5) is 0 Å². The number of rotatable bonds is 4. The summed E-state index contributed by atoms with van der Waals surface area (Å²) < 4.78 is 0. The summed E-state index contributed by atoms with van der Waals surface area (Å²) in [4.78, 5) is 17.7. The van der Waals surface area contributed by atoms with E-state index in [1.165, 1.54) is 43.5 Å². The van der Waals surface area contributed by atoms with Gasteiger partial charge in [0.2, 0.25) is 0 Å². The van der Waals surface area contributed by atoms with Crippen LogP contribution in [-0.2, 0) is 0 Å². The van der Waals surface area contributed by atoms with Gasteiger partial charge in [0.05, 0.1) is 12.7 Å². The summed E-state index contributed by atoms with van der Waals surface area (Å²) in [5, 5.41) is 0. The van der Waals surface area contributed by atoms with Gasteiger partial charge in [-0.15, -0.1) is 0 Å². The highest BCUT2D eigenvalue weighted by atomic mass is 16.1. The zero-order valence-corrected chi connectivity index (χ0v) is 14.9. The van der Waals surface area contributed by atoms with Crippen LogP contribution < -0.4 is 0 Å². The van der Waals surface area contributed by atoms with Crippen molar-refractivity contribution in [2.75, 3.05) is 26.2 Å². The van der Waals surface area contributed by atoms with Crippen molar-refractivity contribution in [2.45, 2.75) is 32.4 Å². The average molecular weight is 334 g/mol. The second-order valence-corrected chi connectivity index (χ2v) is 7.35. The Morgan fingerprint density at radius 3 is 2.28 bits per heavy atom. The number of carbonyl (C=O) groups is 1. The molecule has 2 heterocycles. The molecule has 2 aromatic rings. The van der Waals surface area contributed by atoms with Gasteiger partial charge in [0.1, 0.15) is 0 Å². The van der Waals surface area contributed by atoms with Crippen LogP contribution in [0.1, 0.15) is 35.2 Å². The quantitative estimate of drug-likeness (QED) is 0.791. The van der Waals surface area contributed by atoms with Crippen LogP contribution in [0.25, 0.3) is 11.1 Å². The third-order valence-corrected chi connectivity index (χ3v) is 5.58. The fourth-order valence-corrected chi connectivity index (χ4v) is 4.16. The topological polar surface area (TPSA) is 23.6 Å². The summed E-state index contributed by atoms with van der Waals surface area (Å²) in [6.07, 6.45) is 4.14. The molecule has 0 aliphatic carbocycles. The lowest BCUT2D eigenvalue weighted by Crippen LogP contribution is -2.51. The molecule has 0 amide bonds. The Kier molecular flexibility index (Phi) is 4.69. The first kappa shape index (κ1) is 16.5. The summed E-state index contributed by atoms with van der Waals surface area (Å²) in [5.74, 6) is 0.240. The second-order valence-electron chi connectivity index (χ2n) is 7.35. The van der Waals surface area contributed by atoms with Gasteiger partial charge in [-0.05, 0) is 43.9 Å². The molecular formula is C22H26N2O. The van der Waals surface area contributed by atoms with Crippen molar-refractivity contribution >= 4 is 5.78 Å². The molecule has 3 nitrogen and oxygen atoms in total. The Balaban J connectivity index is 1.44. The van der Waals surface area contributed by atoms with Crippen LogP contribution in [0.2, 0.25) is 0 Å². The molecule has 2 aromatic carbocycles. The van der Waals surface area contributed by atoms with Crippen molar-refractivity contribution in [3.8, 4) is 11.1 Å². The number of fused-ring (bicyclic) bond motifs is 1. The summed E-state index contributed by atoms with van der Waals surface area (Å²) in [6, 6.07) is 16.6. The molecule has 1 unspecified atom stereocenters. The van der Waals surface area contributed by atoms with E-state index in [1.54, 1.807) is 0 Å². The minimum Gasteiger partial charge on any atom is -0.293 e. The fraction of sp³-hybridized carbons (Fsp3) is 0.409. The predicted octanol–water partition coefficient (Wildman–Crippen LogP) is 3.97. The van der Waals surface area contributed by atoms with Crippen LogP contribution >= 0.6 is 0 Å². The summed E-state index contributed by atoms with van der Waals surface area (Å²) in [6.45, 7) is 6.08. The number of carbonyl (C=O) groups excluding carboxylic acids is 1. The first-order valence-corrected chi connectivity index (χ1v) is 9.39. The molecule has 1 atom stereocenters. The zero-order chi connectivity index (χ0) is 17.2. The Morgan fingerprint density at radius 1 is 0.920 bits per heavy atom. The lowest BCUT2D eigenvalue weighted by molar-refractivity contribution is 0.0338. The monoisotopic (exact) mass is 334 g/mol. The van der Waals surface area contributed by atoms with Crippen molar-refractivity contribution in [2.24, 2.45) is 0 Å². The van der Waals surface area contributed by atoms with Crippen LogP contribution in [0.3, 0.4) is 0 Å². The van der Waals surface area contributed by atoms with Gasteiger partial charge in [-0.2, -0.15) is 0 Å². The van der Waals surface area contributed by atoms with E-state index < -0.39 is 0 Å². The third kappa shape index (κ3) is 3.53. The van der Waals surface area contributed by atoms with E-state index in [1.807, 2.05) is 12.1 Å². The molecule has 2 fully saturated rings. The van der Waals surface area contributed by atoms with Crippen molar-refractivity contribution in [3.63, 3.8) is 0 Å². The highest BCUT2D eigenvalue weighted by molar-refractivity contribution is 5.98. The number of Topliss-reactive ketones (excluding diaryl/α,β-unsaturated/α-hetero) is 1. The molecular weight excluding hydrogens is 308 g/mol. The molecule has 0 spiro atoms. The number of aryl methyl sites for hydroxylation is 1.